The number of hydrogen-bond donors (Lipinski definition) is 0. The lowest BCUT2D eigenvalue weighted by Gasteiger charge is -2.08. The predicted octanol–water partition coefficient (Wildman–Crippen LogP) is 7.23. The van der Waals surface area contributed by atoms with E-state index in [4.69, 9.17) is 4.42 Å². The van der Waals surface area contributed by atoms with E-state index in [0.29, 0.717) is 0 Å². The maximum Gasteiger partial charge on any atom is 0.135 e. The van der Waals surface area contributed by atoms with Gasteiger partial charge in [0.15, 0.2) is 0 Å². The third kappa shape index (κ3) is 2.41. The standard InChI is InChI=1S/C25H18O/c1-17-15-25-23(21-9-5-6-10-24(21)26-25)16-22(17)20-13-11-19(12-14-20)18-7-3-2-4-8-18/h2-16H,1H3. The van der Waals surface area contributed by atoms with E-state index in [-0.39, 0.29) is 0 Å². The fourth-order valence-corrected chi connectivity index (χ4v) is 3.66. The highest BCUT2D eigenvalue weighted by atomic mass is 16.3. The monoisotopic (exact) mass is 334 g/mol. The number of para-hydroxylation sites is 1. The molecule has 26 heavy (non-hydrogen) atoms. The number of rotatable bonds is 2. The maximum atomic E-state index is 6.00. The fraction of sp³-hybridized carbons (Fsp3) is 0.0400. The lowest BCUT2D eigenvalue weighted by Crippen LogP contribution is -1.84. The molecule has 0 amide bonds. The molecule has 1 aromatic heterocycles. The molecule has 1 heteroatoms. The highest BCUT2D eigenvalue weighted by Gasteiger charge is 2.11. The molecule has 0 saturated carbocycles. The molecule has 0 spiro atoms. The minimum Gasteiger partial charge on any atom is -0.456 e. The van der Waals surface area contributed by atoms with Crippen molar-refractivity contribution in [2.75, 3.05) is 0 Å². The first kappa shape index (κ1) is 15.0. The van der Waals surface area contributed by atoms with E-state index in [1.807, 2.05) is 18.2 Å². The Morgan fingerprint density at radius 3 is 2.00 bits per heavy atom. The van der Waals surface area contributed by atoms with Crippen LogP contribution >= 0.6 is 0 Å². The normalized spacial score (nSPS) is 11.3. The Hall–Kier alpha value is -3.32. The quantitative estimate of drug-likeness (QED) is 0.332. The molecule has 0 atom stereocenters. The summed E-state index contributed by atoms with van der Waals surface area (Å²) in [7, 11) is 0. The zero-order chi connectivity index (χ0) is 17.5. The first-order valence-corrected chi connectivity index (χ1v) is 8.87. The van der Waals surface area contributed by atoms with Gasteiger partial charge in [0.25, 0.3) is 0 Å². The van der Waals surface area contributed by atoms with Crippen LogP contribution in [0.5, 0.6) is 0 Å². The minimum absolute atomic E-state index is 0.943. The Kier molecular flexibility index (Phi) is 3.39. The molecule has 0 unspecified atom stereocenters. The van der Waals surface area contributed by atoms with Crippen molar-refractivity contribution in [1.82, 2.24) is 0 Å². The molecule has 4 aromatic carbocycles. The SMILES string of the molecule is Cc1cc2oc3ccccc3c2cc1-c1ccc(-c2ccccc2)cc1. The van der Waals surface area contributed by atoms with Gasteiger partial charge in [0.1, 0.15) is 11.2 Å². The van der Waals surface area contributed by atoms with Crippen molar-refractivity contribution in [3.05, 3.63) is 96.6 Å². The summed E-state index contributed by atoms with van der Waals surface area (Å²) in [4.78, 5) is 0. The van der Waals surface area contributed by atoms with E-state index in [1.54, 1.807) is 0 Å². The number of aryl methyl sites for hydroxylation is 1. The average Bonchev–Trinajstić information content (AvgIpc) is 3.05. The molecule has 124 valence electrons. The lowest BCUT2D eigenvalue weighted by molar-refractivity contribution is 0.668. The third-order valence-corrected chi connectivity index (χ3v) is 5.03. The van der Waals surface area contributed by atoms with Gasteiger partial charge in [-0.15, -0.1) is 0 Å². The van der Waals surface area contributed by atoms with Gasteiger partial charge >= 0.3 is 0 Å². The van der Waals surface area contributed by atoms with Crippen molar-refractivity contribution >= 4 is 21.9 Å². The van der Waals surface area contributed by atoms with Crippen molar-refractivity contribution in [3.63, 3.8) is 0 Å². The Morgan fingerprint density at radius 2 is 1.19 bits per heavy atom. The zero-order valence-electron chi connectivity index (χ0n) is 14.6. The molecule has 0 aliphatic carbocycles. The van der Waals surface area contributed by atoms with Crippen molar-refractivity contribution in [3.8, 4) is 22.3 Å². The highest BCUT2D eigenvalue weighted by Crippen LogP contribution is 2.35. The third-order valence-electron chi connectivity index (χ3n) is 5.03. The summed E-state index contributed by atoms with van der Waals surface area (Å²) in [6.07, 6.45) is 0. The molecule has 5 rings (SSSR count). The first-order chi connectivity index (χ1) is 12.8. The smallest absolute Gasteiger partial charge is 0.135 e. The van der Waals surface area contributed by atoms with Crippen LogP contribution in [0.1, 0.15) is 5.56 Å². The van der Waals surface area contributed by atoms with Crippen molar-refractivity contribution in [2.45, 2.75) is 6.92 Å². The van der Waals surface area contributed by atoms with Gasteiger partial charge in [0, 0.05) is 10.8 Å². The minimum atomic E-state index is 0.943. The Balaban J connectivity index is 1.64. The average molecular weight is 334 g/mol. The molecular weight excluding hydrogens is 316 g/mol. The van der Waals surface area contributed by atoms with Crippen LogP contribution in [0.15, 0.2) is 95.4 Å². The maximum absolute atomic E-state index is 6.00. The van der Waals surface area contributed by atoms with Crippen LogP contribution in [-0.4, -0.2) is 0 Å². The van der Waals surface area contributed by atoms with Gasteiger partial charge in [-0.2, -0.15) is 0 Å². The van der Waals surface area contributed by atoms with Gasteiger partial charge in [-0.3, -0.25) is 0 Å². The van der Waals surface area contributed by atoms with Crippen LogP contribution in [-0.2, 0) is 0 Å². The van der Waals surface area contributed by atoms with Crippen LogP contribution < -0.4 is 0 Å². The molecule has 1 heterocycles. The van der Waals surface area contributed by atoms with Gasteiger partial charge in [0.05, 0.1) is 0 Å². The summed E-state index contributed by atoms with van der Waals surface area (Å²) in [6, 6.07) is 31.9. The van der Waals surface area contributed by atoms with E-state index >= 15 is 0 Å². The van der Waals surface area contributed by atoms with Gasteiger partial charge in [0.2, 0.25) is 0 Å². The summed E-state index contributed by atoms with van der Waals surface area (Å²) >= 11 is 0. The molecule has 0 N–H and O–H groups in total. The van der Waals surface area contributed by atoms with Crippen LogP contribution in [0, 0.1) is 6.92 Å². The van der Waals surface area contributed by atoms with E-state index in [0.717, 1.165) is 11.2 Å². The Morgan fingerprint density at radius 1 is 0.538 bits per heavy atom. The van der Waals surface area contributed by atoms with E-state index in [9.17, 15) is 0 Å². The number of benzene rings is 4. The second kappa shape index (κ2) is 5.89. The van der Waals surface area contributed by atoms with Crippen LogP contribution in [0.25, 0.3) is 44.2 Å². The second-order valence-electron chi connectivity index (χ2n) is 6.70. The summed E-state index contributed by atoms with van der Waals surface area (Å²) in [6.45, 7) is 2.15. The molecular formula is C25H18O. The molecule has 1 nitrogen and oxygen atoms in total. The van der Waals surface area contributed by atoms with E-state index < -0.39 is 0 Å². The van der Waals surface area contributed by atoms with E-state index in [1.165, 1.54) is 38.6 Å². The molecule has 0 radical (unpaired) electrons. The number of fused-ring (bicyclic) bond motifs is 3. The largest absolute Gasteiger partial charge is 0.456 e. The van der Waals surface area contributed by atoms with Crippen molar-refractivity contribution < 1.29 is 4.42 Å². The summed E-state index contributed by atoms with van der Waals surface area (Å²) in [5.74, 6) is 0. The summed E-state index contributed by atoms with van der Waals surface area (Å²) in [5.41, 5.74) is 8.09. The predicted molar refractivity (Wildman–Crippen MR) is 109 cm³/mol. The van der Waals surface area contributed by atoms with Crippen molar-refractivity contribution in [1.29, 1.82) is 0 Å². The molecule has 5 aromatic rings. The molecule has 0 fully saturated rings. The van der Waals surface area contributed by atoms with Gasteiger partial charge in [-0.05, 0) is 52.9 Å². The van der Waals surface area contributed by atoms with Crippen LogP contribution in [0.4, 0.5) is 0 Å². The highest BCUT2D eigenvalue weighted by molar-refractivity contribution is 6.06. The number of furan rings is 1. The van der Waals surface area contributed by atoms with Crippen LogP contribution in [0.2, 0.25) is 0 Å². The Labute approximate surface area is 152 Å². The van der Waals surface area contributed by atoms with Gasteiger partial charge < -0.3 is 4.42 Å². The Bertz CT molecular complexity index is 1210. The van der Waals surface area contributed by atoms with Crippen molar-refractivity contribution in [2.24, 2.45) is 0 Å². The number of hydrogen-bond acceptors (Lipinski definition) is 1. The fourth-order valence-electron chi connectivity index (χ4n) is 3.66. The summed E-state index contributed by atoms with van der Waals surface area (Å²) < 4.78 is 6.00. The lowest BCUT2D eigenvalue weighted by atomic mass is 9.96. The topological polar surface area (TPSA) is 13.1 Å². The molecule has 0 bridgehead atoms. The first-order valence-electron chi connectivity index (χ1n) is 8.87. The van der Waals surface area contributed by atoms with E-state index in [2.05, 4.69) is 79.7 Å². The van der Waals surface area contributed by atoms with Gasteiger partial charge in [-0.25, -0.2) is 0 Å². The second-order valence-corrected chi connectivity index (χ2v) is 6.70. The summed E-state index contributed by atoms with van der Waals surface area (Å²) in [5, 5.41) is 2.35. The van der Waals surface area contributed by atoms with Gasteiger partial charge in [-0.1, -0.05) is 72.8 Å². The molecule has 0 aliphatic heterocycles. The zero-order valence-corrected chi connectivity index (χ0v) is 14.6. The molecule has 0 saturated heterocycles. The molecule has 0 aliphatic rings. The van der Waals surface area contributed by atoms with Crippen LogP contribution in [0.3, 0.4) is 0 Å².